The first-order chi connectivity index (χ1) is 9.15. The molecule has 1 unspecified atom stereocenters. The third-order valence-electron chi connectivity index (χ3n) is 3.02. The Hall–Kier alpha value is -1.71. The van der Waals surface area contributed by atoms with Crippen molar-refractivity contribution in [1.82, 2.24) is 5.32 Å². The first-order valence-electron chi connectivity index (χ1n) is 6.35. The number of aryl methyl sites for hydroxylation is 1. The van der Waals surface area contributed by atoms with Crippen LogP contribution in [0, 0.1) is 12.7 Å². The number of nitrogens with one attached hydrogen (secondary N) is 1. The number of aliphatic hydroxyl groups excluding tert-OH is 1. The smallest absolute Gasteiger partial charge is 0.123 e. The van der Waals surface area contributed by atoms with Crippen LogP contribution in [0.15, 0.2) is 48.5 Å². The van der Waals surface area contributed by atoms with E-state index in [0.717, 1.165) is 11.1 Å². The highest BCUT2D eigenvalue weighted by molar-refractivity contribution is 5.23. The van der Waals surface area contributed by atoms with Crippen LogP contribution in [-0.4, -0.2) is 11.7 Å². The molecule has 0 aliphatic heterocycles. The highest BCUT2D eigenvalue weighted by atomic mass is 19.1. The molecular formula is C16H18FNO. The summed E-state index contributed by atoms with van der Waals surface area (Å²) in [6.07, 6.45) is -0.547. The van der Waals surface area contributed by atoms with Crippen molar-refractivity contribution in [2.24, 2.45) is 0 Å². The van der Waals surface area contributed by atoms with Crippen LogP contribution in [0.2, 0.25) is 0 Å². The molecule has 2 aromatic rings. The molecule has 0 bridgehead atoms. The van der Waals surface area contributed by atoms with E-state index in [-0.39, 0.29) is 5.82 Å². The van der Waals surface area contributed by atoms with Crippen molar-refractivity contribution in [1.29, 1.82) is 0 Å². The SMILES string of the molecule is Cc1ccc(C(O)CNCc2cccc(F)c2)cc1. The number of halogens is 1. The summed E-state index contributed by atoms with van der Waals surface area (Å²) in [7, 11) is 0. The van der Waals surface area contributed by atoms with E-state index in [2.05, 4.69) is 5.32 Å². The molecule has 0 amide bonds. The van der Waals surface area contributed by atoms with Crippen LogP contribution in [0.5, 0.6) is 0 Å². The molecule has 0 aliphatic rings. The molecular weight excluding hydrogens is 241 g/mol. The Morgan fingerprint density at radius 3 is 2.58 bits per heavy atom. The van der Waals surface area contributed by atoms with Crippen molar-refractivity contribution in [2.45, 2.75) is 19.6 Å². The van der Waals surface area contributed by atoms with Crippen LogP contribution < -0.4 is 5.32 Å². The van der Waals surface area contributed by atoms with Crippen LogP contribution in [0.1, 0.15) is 22.8 Å². The van der Waals surface area contributed by atoms with Crippen LogP contribution in [0.4, 0.5) is 4.39 Å². The van der Waals surface area contributed by atoms with Crippen LogP contribution in [0.3, 0.4) is 0 Å². The van der Waals surface area contributed by atoms with Crippen molar-refractivity contribution >= 4 is 0 Å². The lowest BCUT2D eigenvalue weighted by atomic mass is 10.1. The molecule has 2 N–H and O–H groups in total. The number of hydrogen-bond donors (Lipinski definition) is 2. The summed E-state index contributed by atoms with van der Waals surface area (Å²) < 4.78 is 13.0. The third kappa shape index (κ3) is 4.16. The lowest BCUT2D eigenvalue weighted by Crippen LogP contribution is -2.21. The first-order valence-corrected chi connectivity index (χ1v) is 6.35. The van der Waals surface area contributed by atoms with Gasteiger partial charge in [-0.25, -0.2) is 4.39 Å². The van der Waals surface area contributed by atoms with Crippen LogP contribution >= 0.6 is 0 Å². The highest BCUT2D eigenvalue weighted by Gasteiger charge is 2.06. The van der Waals surface area contributed by atoms with Gasteiger partial charge in [-0.05, 0) is 30.2 Å². The Morgan fingerprint density at radius 1 is 1.16 bits per heavy atom. The molecule has 0 heterocycles. The average Bonchev–Trinajstić information content (AvgIpc) is 2.39. The fourth-order valence-corrected chi connectivity index (χ4v) is 1.91. The molecule has 0 spiro atoms. The number of aliphatic hydroxyl groups is 1. The minimum Gasteiger partial charge on any atom is -0.387 e. The van der Waals surface area contributed by atoms with Gasteiger partial charge in [-0.2, -0.15) is 0 Å². The van der Waals surface area contributed by atoms with Gasteiger partial charge in [-0.15, -0.1) is 0 Å². The molecule has 0 saturated heterocycles. The summed E-state index contributed by atoms with van der Waals surface area (Å²) in [4.78, 5) is 0. The Kier molecular flexibility index (Phi) is 4.66. The second-order valence-electron chi connectivity index (χ2n) is 4.69. The fourth-order valence-electron chi connectivity index (χ4n) is 1.91. The van der Waals surface area contributed by atoms with Gasteiger partial charge in [0.25, 0.3) is 0 Å². The average molecular weight is 259 g/mol. The predicted octanol–water partition coefficient (Wildman–Crippen LogP) is 2.96. The zero-order valence-electron chi connectivity index (χ0n) is 10.9. The van der Waals surface area contributed by atoms with Gasteiger partial charge in [0.05, 0.1) is 6.10 Å². The van der Waals surface area contributed by atoms with E-state index in [4.69, 9.17) is 0 Å². The normalized spacial score (nSPS) is 12.4. The van der Waals surface area contributed by atoms with Gasteiger partial charge in [-0.1, -0.05) is 42.0 Å². The topological polar surface area (TPSA) is 32.3 Å². The van der Waals surface area contributed by atoms with Crippen molar-refractivity contribution in [3.05, 3.63) is 71.0 Å². The Morgan fingerprint density at radius 2 is 1.89 bits per heavy atom. The molecule has 0 radical (unpaired) electrons. The highest BCUT2D eigenvalue weighted by Crippen LogP contribution is 2.13. The molecule has 1 atom stereocenters. The molecule has 3 heteroatoms. The molecule has 19 heavy (non-hydrogen) atoms. The minimum atomic E-state index is -0.547. The summed E-state index contributed by atoms with van der Waals surface area (Å²) in [6.45, 7) is 3.00. The predicted molar refractivity (Wildman–Crippen MR) is 74.2 cm³/mol. The largest absolute Gasteiger partial charge is 0.387 e. The maximum atomic E-state index is 13.0. The Labute approximate surface area is 112 Å². The second-order valence-corrected chi connectivity index (χ2v) is 4.69. The van der Waals surface area contributed by atoms with Crippen molar-refractivity contribution < 1.29 is 9.50 Å². The molecule has 2 aromatic carbocycles. The summed E-state index contributed by atoms with van der Waals surface area (Å²) >= 11 is 0. The standard InChI is InChI=1S/C16H18FNO/c1-12-5-7-14(8-6-12)16(19)11-18-10-13-3-2-4-15(17)9-13/h2-9,16,18-19H,10-11H2,1H3. The number of rotatable bonds is 5. The third-order valence-corrected chi connectivity index (χ3v) is 3.02. The molecule has 0 aliphatic carbocycles. The first kappa shape index (κ1) is 13.7. The zero-order chi connectivity index (χ0) is 13.7. The fraction of sp³-hybridized carbons (Fsp3) is 0.250. The van der Waals surface area contributed by atoms with E-state index >= 15 is 0 Å². The lowest BCUT2D eigenvalue weighted by Gasteiger charge is -2.12. The lowest BCUT2D eigenvalue weighted by molar-refractivity contribution is 0.174. The maximum Gasteiger partial charge on any atom is 0.123 e. The molecule has 0 saturated carbocycles. The summed E-state index contributed by atoms with van der Waals surface area (Å²) in [5.74, 6) is -0.238. The Bertz CT molecular complexity index is 525. The molecule has 0 fully saturated rings. The summed E-state index contributed by atoms with van der Waals surface area (Å²) in [5.41, 5.74) is 2.93. The monoisotopic (exact) mass is 259 g/mol. The zero-order valence-corrected chi connectivity index (χ0v) is 10.9. The van der Waals surface area contributed by atoms with Gasteiger partial charge < -0.3 is 10.4 Å². The van der Waals surface area contributed by atoms with E-state index in [1.807, 2.05) is 37.3 Å². The molecule has 2 nitrogen and oxygen atoms in total. The molecule has 100 valence electrons. The van der Waals surface area contributed by atoms with E-state index in [1.165, 1.54) is 17.7 Å². The van der Waals surface area contributed by atoms with E-state index < -0.39 is 6.10 Å². The van der Waals surface area contributed by atoms with Gasteiger partial charge in [0, 0.05) is 13.1 Å². The van der Waals surface area contributed by atoms with Gasteiger partial charge in [-0.3, -0.25) is 0 Å². The van der Waals surface area contributed by atoms with E-state index in [0.29, 0.717) is 13.1 Å². The van der Waals surface area contributed by atoms with Crippen molar-refractivity contribution in [3.63, 3.8) is 0 Å². The molecule has 2 rings (SSSR count). The van der Waals surface area contributed by atoms with E-state index in [1.54, 1.807) is 6.07 Å². The van der Waals surface area contributed by atoms with Gasteiger partial charge in [0.15, 0.2) is 0 Å². The quantitative estimate of drug-likeness (QED) is 0.865. The van der Waals surface area contributed by atoms with Gasteiger partial charge in [0.1, 0.15) is 5.82 Å². The summed E-state index contributed by atoms with van der Waals surface area (Å²) in [6, 6.07) is 14.2. The Balaban J connectivity index is 1.84. The van der Waals surface area contributed by atoms with Crippen molar-refractivity contribution in [2.75, 3.05) is 6.54 Å². The van der Waals surface area contributed by atoms with Crippen LogP contribution in [-0.2, 0) is 6.54 Å². The number of hydrogen-bond acceptors (Lipinski definition) is 2. The van der Waals surface area contributed by atoms with Crippen LogP contribution in [0.25, 0.3) is 0 Å². The number of benzene rings is 2. The van der Waals surface area contributed by atoms with Crippen molar-refractivity contribution in [3.8, 4) is 0 Å². The van der Waals surface area contributed by atoms with E-state index in [9.17, 15) is 9.50 Å². The molecule has 0 aromatic heterocycles. The van der Waals surface area contributed by atoms with Gasteiger partial charge >= 0.3 is 0 Å². The maximum absolute atomic E-state index is 13.0. The summed E-state index contributed by atoms with van der Waals surface area (Å²) in [5, 5.41) is 13.1. The minimum absolute atomic E-state index is 0.238. The second kappa shape index (κ2) is 6.45. The van der Waals surface area contributed by atoms with Gasteiger partial charge in [0.2, 0.25) is 0 Å².